The van der Waals surface area contributed by atoms with E-state index in [1.165, 1.54) is 0 Å². The van der Waals surface area contributed by atoms with Crippen LogP contribution in [0.15, 0.2) is 0 Å². The molecule has 0 spiro atoms. The quantitative estimate of drug-likeness (QED) is 0.422. The van der Waals surface area contributed by atoms with Crippen LogP contribution in [-0.4, -0.2) is 87.2 Å². The van der Waals surface area contributed by atoms with E-state index >= 15 is 0 Å². The number of hydrogen-bond acceptors (Lipinski definition) is 2. The van der Waals surface area contributed by atoms with Gasteiger partial charge in [-0.15, -0.1) is 0 Å². The zero-order valence-corrected chi connectivity index (χ0v) is 15.4. The molecule has 0 aromatic rings. The van der Waals surface area contributed by atoms with Gasteiger partial charge in [0.15, 0.2) is 13.1 Å². The van der Waals surface area contributed by atoms with Gasteiger partial charge >= 0.3 is 0 Å². The Balaban J connectivity index is 3.98. The van der Waals surface area contributed by atoms with Crippen LogP contribution in [-0.2, 0) is 9.59 Å². The lowest BCUT2D eigenvalue weighted by molar-refractivity contribution is -0.898. The van der Waals surface area contributed by atoms with E-state index in [0.717, 1.165) is 35.1 Å². The van der Waals surface area contributed by atoms with Gasteiger partial charge in [-0.1, -0.05) is 0 Å². The summed E-state index contributed by atoms with van der Waals surface area (Å²) in [5.41, 5.74) is 0. The zero-order valence-electron chi connectivity index (χ0n) is 15.4. The predicted octanol–water partition coefficient (Wildman–Crippen LogP) is 0.192. The minimum Gasteiger partial charge on any atom is -0.349 e. The Kier molecular flexibility index (Phi) is 9.28. The summed E-state index contributed by atoms with van der Waals surface area (Å²) in [5.74, 6) is 0.0892. The summed E-state index contributed by atoms with van der Waals surface area (Å²) in [6.45, 7) is 14.1. The fourth-order valence-electron chi connectivity index (χ4n) is 2.10. The topological polar surface area (TPSA) is 58.2 Å². The van der Waals surface area contributed by atoms with Crippen LogP contribution in [0.4, 0.5) is 0 Å². The van der Waals surface area contributed by atoms with Crippen molar-refractivity contribution in [1.29, 1.82) is 0 Å². The highest BCUT2D eigenvalue weighted by Gasteiger charge is 2.22. The first kappa shape index (κ1) is 20.9. The number of amides is 2. The Morgan fingerprint density at radius 3 is 1.18 bits per heavy atom. The molecule has 0 heterocycles. The lowest BCUT2D eigenvalue weighted by Crippen LogP contribution is -2.52. The molecule has 2 amide bonds. The number of carbonyl (C=O) groups is 2. The molecule has 0 aliphatic carbocycles. The molecule has 6 nitrogen and oxygen atoms in total. The van der Waals surface area contributed by atoms with Gasteiger partial charge in [0.25, 0.3) is 11.8 Å². The van der Waals surface area contributed by atoms with Crippen molar-refractivity contribution in [3.8, 4) is 0 Å². The van der Waals surface area contributed by atoms with Crippen LogP contribution in [0.25, 0.3) is 0 Å². The Morgan fingerprint density at radius 1 is 0.682 bits per heavy atom. The van der Waals surface area contributed by atoms with Gasteiger partial charge in [-0.25, -0.2) is 0 Å². The Labute approximate surface area is 136 Å². The fourth-order valence-corrected chi connectivity index (χ4v) is 2.10. The highest BCUT2D eigenvalue weighted by atomic mass is 16.2. The van der Waals surface area contributed by atoms with E-state index in [-0.39, 0.29) is 11.8 Å². The summed E-state index contributed by atoms with van der Waals surface area (Å²) in [6.07, 6.45) is 0. The van der Waals surface area contributed by atoms with Gasteiger partial charge in [0.1, 0.15) is 0 Å². The maximum atomic E-state index is 11.9. The van der Waals surface area contributed by atoms with E-state index in [1.807, 2.05) is 0 Å². The van der Waals surface area contributed by atoms with Crippen LogP contribution in [0, 0.1) is 0 Å². The molecule has 0 aromatic carbocycles. The van der Waals surface area contributed by atoms with Gasteiger partial charge in [0, 0.05) is 13.1 Å². The largest absolute Gasteiger partial charge is 0.349 e. The lowest BCUT2D eigenvalue weighted by atomic mass is 10.3. The summed E-state index contributed by atoms with van der Waals surface area (Å²) in [6, 6.07) is 0. The predicted molar refractivity (Wildman–Crippen MR) is 90.3 cm³/mol. The smallest absolute Gasteiger partial charge is 0.275 e. The summed E-state index contributed by atoms with van der Waals surface area (Å²) >= 11 is 0. The van der Waals surface area contributed by atoms with Crippen molar-refractivity contribution < 1.29 is 18.6 Å². The second kappa shape index (κ2) is 9.79. The normalized spacial score (nSPS) is 12.1. The van der Waals surface area contributed by atoms with Crippen molar-refractivity contribution in [1.82, 2.24) is 10.6 Å². The summed E-state index contributed by atoms with van der Waals surface area (Å²) in [5, 5.41) is 5.76. The number of nitrogens with zero attached hydrogens (tertiary/aromatic N) is 2. The minimum absolute atomic E-state index is 0.0446. The molecular formula is C16H36N4O2+2. The van der Waals surface area contributed by atoms with Gasteiger partial charge in [-0.3, -0.25) is 9.59 Å². The number of likely N-dealkylation sites (N-methyl/N-ethyl adjacent to an activating group) is 2. The Morgan fingerprint density at radius 2 is 0.955 bits per heavy atom. The van der Waals surface area contributed by atoms with E-state index in [4.69, 9.17) is 0 Å². The van der Waals surface area contributed by atoms with Gasteiger partial charge in [-0.05, 0) is 27.7 Å². The molecule has 0 saturated heterocycles. The first-order valence-corrected chi connectivity index (χ1v) is 8.44. The molecule has 22 heavy (non-hydrogen) atoms. The second-order valence-electron chi connectivity index (χ2n) is 6.52. The number of nitrogens with one attached hydrogen (secondary N) is 2. The summed E-state index contributed by atoms with van der Waals surface area (Å²) in [7, 11) is 4.16. The van der Waals surface area contributed by atoms with E-state index in [2.05, 4.69) is 52.4 Å². The van der Waals surface area contributed by atoms with Gasteiger partial charge < -0.3 is 19.6 Å². The number of carbonyl (C=O) groups excluding carboxylic acids is 2. The van der Waals surface area contributed by atoms with Crippen LogP contribution < -0.4 is 10.6 Å². The number of quaternary nitrogens is 2. The van der Waals surface area contributed by atoms with Crippen molar-refractivity contribution >= 4 is 11.8 Å². The summed E-state index contributed by atoms with van der Waals surface area (Å²) in [4.78, 5) is 23.8. The average Bonchev–Trinajstić information content (AvgIpc) is 2.51. The van der Waals surface area contributed by atoms with Crippen molar-refractivity contribution in [2.45, 2.75) is 27.7 Å². The average molecular weight is 316 g/mol. The molecule has 6 heteroatoms. The molecular weight excluding hydrogens is 280 g/mol. The van der Waals surface area contributed by atoms with Crippen LogP contribution in [0.2, 0.25) is 0 Å². The minimum atomic E-state index is 0.0446. The SMILES string of the molecule is CC[N+](C)(CC)CC(=O)NCCNC(=O)C[N+](C)(CC)CC. The van der Waals surface area contributed by atoms with E-state index < -0.39 is 0 Å². The number of hydrogen-bond donors (Lipinski definition) is 2. The first-order chi connectivity index (χ1) is 10.2. The third kappa shape index (κ3) is 7.75. The van der Waals surface area contributed by atoms with Crippen LogP contribution in [0.3, 0.4) is 0 Å². The second-order valence-corrected chi connectivity index (χ2v) is 6.52. The van der Waals surface area contributed by atoms with Gasteiger partial charge in [0.05, 0.1) is 40.3 Å². The van der Waals surface area contributed by atoms with Crippen molar-refractivity contribution in [2.75, 3.05) is 66.5 Å². The van der Waals surface area contributed by atoms with Crippen LogP contribution in [0.1, 0.15) is 27.7 Å². The molecule has 0 aliphatic heterocycles. The molecule has 0 rings (SSSR count). The molecule has 0 aliphatic rings. The molecule has 0 aromatic heterocycles. The van der Waals surface area contributed by atoms with E-state index in [0.29, 0.717) is 26.2 Å². The molecule has 0 saturated carbocycles. The molecule has 0 unspecified atom stereocenters. The molecule has 130 valence electrons. The van der Waals surface area contributed by atoms with Gasteiger partial charge in [-0.2, -0.15) is 0 Å². The van der Waals surface area contributed by atoms with Crippen molar-refractivity contribution in [2.24, 2.45) is 0 Å². The molecule has 0 atom stereocenters. The first-order valence-electron chi connectivity index (χ1n) is 8.44. The summed E-state index contributed by atoms with van der Waals surface area (Å²) < 4.78 is 1.47. The van der Waals surface area contributed by atoms with Crippen LogP contribution in [0.5, 0.6) is 0 Å². The van der Waals surface area contributed by atoms with E-state index in [9.17, 15) is 9.59 Å². The van der Waals surface area contributed by atoms with Gasteiger partial charge in [0.2, 0.25) is 0 Å². The van der Waals surface area contributed by atoms with Crippen LogP contribution >= 0.6 is 0 Å². The number of rotatable bonds is 11. The molecule has 0 fully saturated rings. The van der Waals surface area contributed by atoms with Crippen molar-refractivity contribution in [3.63, 3.8) is 0 Å². The highest BCUT2D eigenvalue weighted by Crippen LogP contribution is 2.00. The molecule has 2 N–H and O–H groups in total. The third-order valence-corrected chi connectivity index (χ3v) is 4.87. The standard InChI is InChI=1S/C16H34N4O2/c1-7-19(5,8-2)13-15(21)17-11-12-18-16(22)14-20(6,9-3)10-4/h7-14H2,1-6H3/p+2. The fraction of sp³-hybridized carbons (Fsp3) is 0.875. The zero-order chi connectivity index (χ0) is 17.2. The Bertz CT molecular complexity index is 316. The van der Waals surface area contributed by atoms with E-state index in [1.54, 1.807) is 0 Å². The third-order valence-electron chi connectivity index (χ3n) is 4.87. The highest BCUT2D eigenvalue weighted by molar-refractivity contribution is 5.78. The molecule has 0 radical (unpaired) electrons. The maximum Gasteiger partial charge on any atom is 0.275 e. The monoisotopic (exact) mass is 316 g/mol. The molecule has 0 bridgehead atoms. The van der Waals surface area contributed by atoms with Crippen molar-refractivity contribution in [3.05, 3.63) is 0 Å². The Hall–Kier alpha value is -1.14. The maximum absolute atomic E-state index is 11.9. The lowest BCUT2D eigenvalue weighted by Gasteiger charge is -2.31.